The molecule has 80 valence electrons. The van der Waals surface area contributed by atoms with Crippen molar-refractivity contribution in [2.24, 2.45) is 0 Å². The monoisotopic (exact) mass is 285 g/mol. The Morgan fingerprint density at radius 3 is 3.00 bits per heavy atom. The predicted molar refractivity (Wildman–Crippen MR) is 66.0 cm³/mol. The molecule has 3 nitrogen and oxygen atoms in total. The molecule has 0 saturated carbocycles. The van der Waals surface area contributed by atoms with E-state index in [2.05, 4.69) is 43.6 Å². The fourth-order valence-electron chi connectivity index (χ4n) is 1.30. The van der Waals surface area contributed by atoms with Gasteiger partial charge in [-0.3, -0.25) is 5.10 Å². The van der Waals surface area contributed by atoms with Crippen molar-refractivity contribution in [2.75, 3.05) is 6.54 Å². The summed E-state index contributed by atoms with van der Waals surface area (Å²) in [6.07, 6.45) is 2.85. The second-order valence-corrected chi connectivity index (χ2v) is 5.76. The van der Waals surface area contributed by atoms with Crippen molar-refractivity contribution < 1.29 is 0 Å². The molecule has 0 aliphatic carbocycles. The van der Waals surface area contributed by atoms with Crippen LogP contribution in [0.1, 0.15) is 10.6 Å². The molecular formula is C10H12BrN3S. The van der Waals surface area contributed by atoms with Crippen molar-refractivity contribution >= 4 is 27.3 Å². The molecule has 0 spiro atoms. The van der Waals surface area contributed by atoms with Crippen LogP contribution in [0.15, 0.2) is 28.2 Å². The molecule has 0 atom stereocenters. The Morgan fingerprint density at radius 1 is 1.40 bits per heavy atom. The first kappa shape index (κ1) is 10.9. The third kappa shape index (κ3) is 3.44. The van der Waals surface area contributed by atoms with Crippen LogP contribution in [0.3, 0.4) is 0 Å². The quantitative estimate of drug-likeness (QED) is 0.829. The van der Waals surface area contributed by atoms with Gasteiger partial charge < -0.3 is 5.32 Å². The Kier molecular flexibility index (Phi) is 3.94. The molecule has 5 heteroatoms. The second kappa shape index (κ2) is 5.44. The first-order valence-electron chi connectivity index (χ1n) is 4.78. The summed E-state index contributed by atoms with van der Waals surface area (Å²) in [5.74, 6) is 0. The molecule has 2 aromatic heterocycles. The summed E-state index contributed by atoms with van der Waals surface area (Å²) in [6.45, 7) is 1.85. The van der Waals surface area contributed by atoms with Crippen molar-refractivity contribution in [3.63, 3.8) is 0 Å². The highest BCUT2D eigenvalue weighted by Gasteiger charge is 1.97. The van der Waals surface area contributed by atoms with Crippen LogP contribution in [0.25, 0.3) is 0 Å². The summed E-state index contributed by atoms with van der Waals surface area (Å²) in [7, 11) is 0. The average Bonchev–Trinajstić information content (AvgIpc) is 2.84. The lowest BCUT2D eigenvalue weighted by molar-refractivity contribution is 0.676. The molecular weight excluding hydrogens is 274 g/mol. The van der Waals surface area contributed by atoms with E-state index in [0.717, 1.165) is 25.2 Å². The maximum absolute atomic E-state index is 3.89. The van der Waals surface area contributed by atoms with Crippen molar-refractivity contribution in [2.45, 2.75) is 13.0 Å². The maximum atomic E-state index is 3.89. The number of nitrogens with zero attached hydrogens (tertiary/aromatic N) is 1. The van der Waals surface area contributed by atoms with E-state index in [1.807, 2.05) is 6.07 Å². The van der Waals surface area contributed by atoms with Gasteiger partial charge in [-0.25, -0.2) is 0 Å². The summed E-state index contributed by atoms with van der Waals surface area (Å²) in [6, 6.07) is 6.23. The highest BCUT2D eigenvalue weighted by atomic mass is 79.9. The lowest BCUT2D eigenvalue weighted by atomic mass is 10.3. The first-order valence-corrected chi connectivity index (χ1v) is 6.39. The smallest absolute Gasteiger partial charge is 0.0701 e. The van der Waals surface area contributed by atoms with E-state index < -0.39 is 0 Å². The maximum Gasteiger partial charge on any atom is 0.0701 e. The molecule has 0 unspecified atom stereocenters. The van der Waals surface area contributed by atoms with Crippen LogP contribution < -0.4 is 5.32 Å². The Hall–Kier alpha value is -0.650. The number of thiophene rings is 1. The van der Waals surface area contributed by atoms with Crippen molar-refractivity contribution in [3.8, 4) is 0 Å². The zero-order valence-electron chi connectivity index (χ0n) is 8.16. The first-order chi connectivity index (χ1) is 7.34. The third-order valence-corrected chi connectivity index (χ3v) is 3.73. The van der Waals surface area contributed by atoms with Crippen LogP contribution in [0.2, 0.25) is 0 Å². The minimum absolute atomic E-state index is 0.854. The van der Waals surface area contributed by atoms with E-state index in [4.69, 9.17) is 0 Å². The normalized spacial score (nSPS) is 10.7. The van der Waals surface area contributed by atoms with Crippen LogP contribution in [0.5, 0.6) is 0 Å². The van der Waals surface area contributed by atoms with Crippen LogP contribution in [0.4, 0.5) is 0 Å². The molecule has 0 saturated heterocycles. The van der Waals surface area contributed by atoms with Gasteiger partial charge in [-0.15, -0.1) is 11.3 Å². The van der Waals surface area contributed by atoms with Gasteiger partial charge in [0.2, 0.25) is 0 Å². The molecule has 0 bridgehead atoms. The van der Waals surface area contributed by atoms with Gasteiger partial charge in [0, 0.05) is 29.9 Å². The largest absolute Gasteiger partial charge is 0.311 e. The van der Waals surface area contributed by atoms with Crippen molar-refractivity contribution in [3.05, 3.63) is 38.8 Å². The molecule has 0 aliphatic heterocycles. The molecule has 0 fully saturated rings. The molecule has 0 radical (unpaired) electrons. The van der Waals surface area contributed by atoms with Gasteiger partial charge in [0.15, 0.2) is 0 Å². The van der Waals surface area contributed by atoms with E-state index in [0.29, 0.717) is 0 Å². The lowest BCUT2D eigenvalue weighted by Gasteiger charge is -2.00. The number of aromatic amines is 1. The van der Waals surface area contributed by atoms with Crippen LogP contribution in [-0.4, -0.2) is 16.7 Å². The summed E-state index contributed by atoms with van der Waals surface area (Å²) in [5, 5.41) is 10.2. The zero-order valence-corrected chi connectivity index (χ0v) is 10.6. The minimum Gasteiger partial charge on any atom is -0.311 e. The molecule has 2 aromatic rings. The van der Waals surface area contributed by atoms with Gasteiger partial charge in [-0.05, 0) is 40.5 Å². The summed E-state index contributed by atoms with van der Waals surface area (Å²) in [5.41, 5.74) is 1.13. The summed E-state index contributed by atoms with van der Waals surface area (Å²) >= 11 is 5.25. The Bertz CT molecular complexity index is 396. The fourth-order valence-corrected chi connectivity index (χ4v) is 2.79. The van der Waals surface area contributed by atoms with Gasteiger partial charge >= 0.3 is 0 Å². The van der Waals surface area contributed by atoms with E-state index in [-0.39, 0.29) is 0 Å². The number of H-pyrrole nitrogens is 1. The van der Waals surface area contributed by atoms with Crippen LogP contribution in [-0.2, 0) is 13.0 Å². The number of hydrogen-bond acceptors (Lipinski definition) is 3. The Balaban J connectivity index is 1.67. The molecule has 2 heterocycles. The summed E-state index contributed by atoms with van der Waals surface area (Å²) in [4.78, 5) is 1.40. The van der Waals surface area contributed by atoms with Gasteiger partial charge in [0.25, 0.3) is 0 Å². The highest BCUT2D eigenvalue weighted by Crippen LogP contribution is 2.21. The number of nitrogens with one attached hydrogen (secondary N) is 2. The molecule has 0 aliphatic rings. The van der Waals surface area contributed by atoms with E-state index in [1.54, 1.807) is 17.5 Å². The predicted octanol–water partition coefficient (Wildman–Crippen LogP) is 2.57. The molecule has 2 N–H and O–H groups in total. The third-order valence-electron chi connectivity index (χ3n) is 2.05. The van der Waals surface area contributed by atoms with Gasteiger partial charge in [0.05, 0.1) is 3.79 Å². The van der Waals surface area contributed by atoms with E-state index in [1.165, 1.54) is 8.66 Å². The minimum atomic E-state index is 0.854. The number of hydrogen-bond donors (Lipinski definition) is 2. The van der Waals surface area contributed by atoms with Crippen molar-refractivity contribution in [1.29, 1.82) is 0 Å². The average molecular weight is 286 g/mol. The molecule has 2 rings (SSSR count). The zero-order chi connectivity index (χ0) is 10.5. The lowest BCUT2D eigenvalue weighted by Crippen LogP contribution is -2.16. The van der Waals surface area contributed by atoms with Crippen molar-refractivity contribution in [1.82, 2.24) is 15.5 Å². The topological polar surface area (TPSA) is 40.7 Å². The van der Waals surface area contributed by atoms with E-state index in [9.17, 15) is 0 Å². The Morgan fingerprint density at radius 2 is 2.33 bits per heavy atom. The summed E-state index contributed by atoms with van der Waals surface area (Å²) < 4.78 is 1.20. The standard InChI is InChI=1S/C10H12BrN3S/c11-10-2-1-9(15-10)4-5-12-7-8-3-6-13-14-8/h1-3,6,12H,4-5,7H2,(H,13,14). The highest BCUT2D eigenvalue weighted by molar-refractivity contribution is 9.11. The fraction of sp³-hybridized carbons (Fsp3) is 0.300. The molecule has 0 amide bonds. The SMILES string of the molecule is Brc1ccc(CCNCc2ccn[nH]2)s1. The van der Waals surface area contributed by atoms with Gasteiger partial charge in [-0.2, -0.15) is 5.10 Å². The van der Waals surface area contributed by atoms with Gasteiger partial charge in [0.1, 0.15) is 0 Å². The van der Waals surface area contributed by atoms with Crippen LogP contribution in [0, 0.1) is 0 Å². The van der Waals surface area contributed by atoms with Gasteiger partial charge in [-0.1, -0.05) is 0 Å². The second-order valence-electron chi connectivity index (χ2n) is 3.21. The number of halogens is 1. The van der Waals surface area contributed by atoms with Crippen LogP contribution >= 0.6 is 27.3 Å². The van der Waals surface area contributed by atoms with E-state index >= 15 is 0 Å². The Labute approximate surface area is 101 Å². The number of aromatic nitrogens is 2. The molecule has 0 aromatic carbocycles. The molecule has 15 heavy (non-hydrogen) atoms. The number of rotatable bonds is 5.